The van der Waals surface area contributed by atoms with Crippen LogP contribution in [-0.2, 0) is 9.59 Å². The van der Waals surface area contributed by atoms with Gasteiger partial charge in [0.25, 0.3) is 5.91 Å². The number of aromatic carboxylic acids is 1. The smallest absolute Gasteiger partial charge is 0.337 e. The van der Waals surface area contributed by atoms with Gasteiger partial charge < -0.3 is 16.2 Å². The lowest BCUT2D eigenvalue weighted by Gasteiger charge is -2.15. The molecule has 0 radical (unpaired) electrons. The molecule has 1 fully saturated rings. The number of amides is 2. The van der Waals surface area contributed by atoms with E-state index < -0.39 is 12.0 Å². The van der Waals surface area contributed by atoms with E-state index in [1.807, 2.05) is 0 Å². The Kier molecular flexibility index (Phi) is 3.35. The first-order valence-corrected chi connectivity index (χ1v) is 6.01. The van der Waals surface area contributed by atoms with Crippen molar-refractivity contribution >= 4 is 29.2 Å². The van der Waals surface area contributed by atoms with Crippen molar-refractivity contribution in [2.24, 2.45) is 0 Å². The largest absolute Gasteiger partial charge is 0.478 e. The topological polar surface area (TPSA) is 113 Å². The Morgan fingerprint density at radius 2 is 2.10 bits per heavy atom. The Morgan fingerprint density at radius 1 is 1.45 bits per heavy atom. The monoisotopic (exact) mass is 277 g/mol. The van der Waals surface area contributed by atoms with Gasteiger partial charge in [-0.05, 0) is 24.6 Å². The van der Waals surface area contributed by atoms with Crippen LogP contribution in [0.4, 0.5) is 11.4 Å². The van der Waals surface area contributed by atoms with Gasteiger partial charge in [0.1, 0.15) is 6.04 Å². The van der Waals surface area contributed by atoms with Crippen molar-refractivity contribution in [2.75, 3.05) is 18.1 Å². The molecule has 7 heteroatoms. The molecule has 0 aromatic heterocycles. The predicted molar refractivity (Wildman–Crippen MR) is 72.4 cm³/mol. The van der Waals surface area contributed by atoms with Gasteiger partial charge in [-0.3, -0.25) is 14.5 Å². The molecule has 1 unspecified atom stereocenters. The van der Waals surface area contributed by atoms with Crippen LogP contribution >= 0.6 is 0 Å². The van der Waals surface area contributed by atoms with Crippen molar-refractivity contribution in [3.05, 3.63) is 23.3 Å². The summed E-state index contributed by atoms with van der Waals surface area (Å²) in [6.45, 7) is 1.68. The van der Waals surface area contributed by atoms with Gasteiger partial charge in [-0.25, -0.2) is 4.79 Å². The van der Waals surface area contributed by atoms with Crippen molar-refractivity contribution < 1.29 is 19.5 Å². The number of benzene rings is 1. The number of carboxylic acid groups (broad SMARTS) is 1. The third-order valence-electron chi connectivity index (χ3n) is 3.34. The molecule has 0 spiro atoms. The minimum Gasteiger partial charge on any atom is -0.478 e. The molecule has 7 nitrogen and oxygen atoms in total. The van der Waals surface area contributed by atoms with Gasteiger partial charge in [0.05, 0.1) is 12.0 Å². The van der Waals surface area contributed by atoms with E-state index in [4.69, 9.17) is 10.8 Å². The number of carbonyl (C=O) groups is 3. The van der Waals surface area contributed by atoms with Crippen LogP contribution < -0.4 is 11.1 Å². The first kappa shape index (κ1) is 13.9. The summed E-state index contributed by atoms with van der Waals surface area (Å²) in [5.74, 6) is -1.74. The third kappa shape index (κ3) is 2.29. The number of nitrogens with two attached hydrogens (primary N) is 1. The summed E-state index contributed by atoms with van der Waals surface area (Å²) in [6.07, 6.45) is 0.0567. The quantitative estimate of drug-likeness (QED) is 0.546. The summed E-state index contributed by atoms with van der Waals surface area (Å²) in [7, 11) is 1.42. The van der Waals surface area contributed by atoms with E-state index in [2.05, 4.69) is 5.32 Å². The van der Waals surface area contributed by atoms with E-state index in [1.165, 1.54) is 13.1 Å². The maximum Gasteiger partial charge on any atom is 0.337 e. The predicted octanol–water partition coefficient (Wildman–Crippen LogP) is 0.445. The molecule has 20 heavy (non-hydrogen) atoms. The summed E-state index contributed by atoms with van der Waals surface area (Å²) >= 11 is 0. The van der Waals surface area contributed by atoms with E-state index in [-0.39, 0.29) is 29.5 Å². The van der Waals surface area contributed by atoms with Crippen molar-refractivity contribution in [2.45, 2.75) is 19.4 Å². The average Bonchev–Trinajstić information content (AvgIpc) is 2.61. The SMILES string of the molecule is Cc1cc(NC2CC(=O)N(C)C2=O)cc(C(=O)O)c1N. The Morgan fingerprint density at radius 3 is 2.60 bits per heavy atom. The highest BCUT2D eigenvalue weighted by Crippen LogP contribution is 2.25. The first-order chi connectivity index (χ1) is 9.31. The molecule has 1 aliphatic rings. The number of aryl methyl sites for hydroxylation is 1. The van der Waals surface area contributed by atoms with Crippen LogP contribution in [0.25, 0.3) is 0 Å². The van der Waals surface area contributed by atoms with Crippen LogP contribution in [0.15, 0.2) is 12.1 Å². The fourth-order valence-electron chi connectivity index (χ4n) is 2.13. The van der Waals surface area contributed by atoms with Crippen LogP contribution in [0.5, 0.6) is 0 Å². The molecule has 1 heterocycles. The number of hydrogen-bond acceptors (Lipinski definition) is 5. The zero-order chi connectivity index (χ0) is 15.0. The molecule has 4 N–H and O–H groups in total. The number of carbonyl (C=O) groups excluding carboxylic acids is 2. The van der Waals surface area contributed by atoms with E-state index >= 15 is 0 Å². The summed E-state index contributed by atoms with van der Waals surface area (Å²) < 4.78 is 0. The van der Waals surface area contributed by atoms with Gasteiger partial charge in [0.15, 0.2) is 0 Å². The first-order valence-electron chi connectivity index (χ1n) is 6.01. The lowest BCUT2D eigenvalue weighted by Crippen LogP contribution is -2.31. The van der Waals surface area contributed by atoms with Crippen molar-refractivity contribution in [1.29, 1.82) is 0 Å². The number of hydrogen-bond donors (Lipinski definition) is 3. The molecule has 0 aliphatic carbocycles. The molecule has 1 saturated heterocycles. The molecular formula is C13H15N3O4. The highest BCUT2D eigenvalue weighted by atomic mass is 16.4. The van der Waals surface area contributed by atoms with E-state index in [0.29, 0.717) is 11.3 Å². The lowest BCUT2D eigenvalue weighted by molar-refractivity contribution is -0.136. The van der Waals surface area contributed by atoms with Crippen LogP contribution in [0, 0.1) is 6.92 Å². The number of nitrogens with one attached hydrogen (secondary N) is 1. The van der Waals surface area contributed by atoms with Crippen LogP contribution in [0.3, 0.4) is 0 Å². The summed E-state index contributed by atoms with van der Waals surface area (Å²) in [4.78, 5) is 35.4. The number of likely N-dealkylation sites (tertiary alicyclic amines) is 1. The minimum atomic E-state index is -1.14. The number of imide groups is 1. The van der Waals surface area contributed by atoms with E-state index in [9.17, 15) is 14.4 Å². The highest BCUT2D eigenvalue weighted by molar-refractivity contribution is 6.06. The van der Waals surface area contributed by atoms with Gasteiger partial charge in [-0.2, -0.15) is 0 Å². The van der Waals surface area contributed by atoms with Gasteiger partial charge in [-0.15, -0.1) is 0 Å². The second-order valence-electron chi connectivity index (χ2n) is 4.75. The van der Waals surface area contributed by atoms with Crippen molar-refractivity contribution in [3.63, 3.8) is 0 Å². The van der Waals surface area contributed by atoms with Crippen molar-refractivity contribution in [3.8, 4) is 0 Å². The van der Waals surface area contributed by atoms with Crippen molar-refractivity contribution in [1.82, 2.24) is 4.90 Å². The molecule has 1 aromatic rings. The molecule has 0 saturated carbocycles. The van der Waals surface area contributed by atoms with Gasteiger partial charge in [-0.1, -0.05) is 0 Å². The third-order valence-corrected chi connectivity index (χ3v) is 3.34. The molecule has 2 amide bonds. The Bertz CT molecular complexity index is 612. The molecule has 2 rings (SSSR count). The second-order valence-corrected chi connectivity index (χ2v) is 4.75. The van der Waals surface area contributed by atoms with Gasteiger partial charge in [0.2, 0.25) is 5.91 Å². The maximum absolute atomic E-state index is 11.8. The van der Waals surface area contributed by atoms with E-state index in [1.54, 1.807) is 13.0 Å². The molecule has 1 aromatic carbocycles. The lowest BCUT2D eigenvalue weighted by atomic mass is 10.1. The average molecular weight is 277 g/mol. The number of nitrogen functional groups attached to an aromatic ring is 1. The summed E-state index contributed by atoms with van der Waals surface area (Å²) in [5, 5.41) is 12.0. The molecule has 1 atom stereocenters. The fraction of sp³-hybridized carbons (Fsp3) is 0.308. The zero-order valence-electron chi connectivity index (χ0n) is 11.1. The Labute approximate surface area is 115 Å². The van der Waals surface area contributed by atoms with E-state index in [0.717, 1.165) is 4.90 Å². The van der Waals surface area contributed by atoms with Gasteiger partial charge >= 0.3 is 5.97 Å². The minimum absolute atomic E-state index is 0.0300. The van der Waals surface area contributed by atoms with Crippen LogP contribution in [0.2, 0.25) is 0 Å². The number of likely N-dealkylation sites (N-methyl/N-ethyl adjacent to an activating group) is 1. The second kappa shape index (κ2) is 4.84. The Balaban J connectivity index is 2.29. The Hall–Kier alpha value is -2.57. The molecular weight excluding hydrogens is 262 g/mol. The zero-order valence-corrected chi connectivity index (χ0v) is 11.1. The normalized spacial score (nSPS) is 18.5. The summed E-state index contributed by atoms with van der Waals surface area (Å²) in [5.41, 5.74) is 6.90. The highest BCUT2D eigenvalue weighted by Gasteiger charge is 2.36. The number of anilines is 2. The number of carboxylic acids is 1. The standard InChI is InChI=1S/C13H15N3O4/c1-6-3-7(4-8(11(6)14)13(19)20)15-9-5-10(17)16(2)12(9)18/h3-4,9,15H,5,14H2,1-2H3,(H,19,20). The van der Waals surface area contributed by atoms with Crippen LogP contribution in [-0.4, -0.2) is 40.9 Å². The molecule has 106 valence electrons. The maximum atomic E-state index is 11.8. The molecule has 1 aliphatic heterocycles. The molecule has 0 bridgehead atoms. The summed E-state index contributed by atoms with van der Waals surface area (Å²) in [6, 6.07) is 2.34. The number of nitrogens with zero attached hydrogens (tertiary/aromatic N) is 1. The van der Waals surface area contributed by atoms with Gasteiger partial charge in [0, 0.05) is 18.4 Å². The van der Waals surface area contributed by atoms with Crippen LogP contribution in [0.1, 0.15) is 22.3 Å². The fourth-order valence-corrected chi connectivity index (χ4v) is 2.13. The number of rotatable bonds is 3.